The van der Waals surface area contributed by atoms with E-state index in [2.05, 4.69) is 95.6 Å². The normalized spacial score (nSPS) is 14.1. The first-order valence-corrected chi connectivity index (χ1v) is 12.3. The second-order valence-electron chi connectivity index (χ2n) is 10.1. The van der Waals surface area contributed by atoms with Crippen LogP contribution in [0.5, 0.6) is 0 Å². The van der Waals surface area contributed by atoms with Crippen molar-refractivity contribution in [1.29, 1.82) is 0 Å². The Kier molecular flexibility index (Phi) is 3.00. The van der Waals surface area contributed by atoms with Crippen LogP contribution in [-0.4, -0.2) is 4.57 Å². The molecular formula is C33H21N. The highest BCUT2D eigenvalue weighted by Gasteiger charge is 2.32. The first kappa shape index (κ1) is 17.4. The molecule has 0 fully saturated rings. The summed E-state index contributed by atoms with van der Waals surface area (Å²) in [4.78, 5) is 0. The number of benzene rings is 5. The summed E-state index contributed by atoms with van der Waals surface area (Å²) < 4.78 is 2.61. The number of fused-ring (bicyclic) bond motifs is 13. The van der Waals surface area contributed by atoms with Crippen molar-refractivity contribution in [2.45, 2.75) is 19.3 Å². The number of hydrogen-bond donors (Lipinski definition) is 0. The minimum atomic E-state index is 1.00. The van der Waals surface area contributed by atoms with Gasteiger partial charge in [0.15, 0.2) is 0 Å². The Balaban J connectivity index is 1.50. The van der Waals surface area contributed by atoms with Gasteiger partial charge in [0.25, 0.3) is 0 Å². The van der Waals surface area contributed by atoms with Crippen molar-refractivity contribution >= 4 is 21.8 Å². The Labute approximate surface area is 197 Å². The van der Waals surface area contributed by atoms with Crippen molar-refractivity contribution in [2.75, 3.05) is 0 Å². The van der Waals surface area contributed by atoms with E-state index in [1.54, 1.807) is 0 Å². The largest absolute Gasteiger partial charge is 0.308 e. The molecule has 5 aromatic carbocycles. The van der Waals surface area contributed by atoms with E-state index in [1.165, 1.54) is 83.1 Å². The summed E-state index contributed by atoms with van der Waals surface area (Å²) in [5.41, 5.74) is 18.7. The molecule has 158 valence electrons. The minimum Gasteiger partial charge on any atom is -0.308 e. The number of para-hydroxylation sites is 1. The Hall–Kier alpha value is -4.10. The molecule has 3 aliphatic rings. The van der Waals surface area contributed by atoms with Gasteiger partial charge in [0.05, 0.1) is 16.7 Å². The molecule has 1 nitrogen and oxygen atoms in total. The van der Waals surface area contributed by atoms with E-state index < -0.39 is 0 Å². The van der Waals surface area contributed by atoms with Gasteiger partial charge in [0, 0.05) is 22.8 Å². The highest BCUT2D eigenvalue weighted by Crippen LogP contribution is 2.52. The third kappa shape index (κ3) is 1.94. The predicted octanol–water partition coefficient (Wildman–Crippen LogP) is 7.83. The van der Waals surface area contributed by atoms with Gasteiger partial charge in [0.1, 0.15) is 0 Å². The molecular weight excluding hydrogens is 410 g/mol. The minimum absolute atomic E-state index is 1.00. The van der Waals surface area contributed by atoms with Crippen LogP contribution in [0.3, 0.4) is 0 Å². The van der Waals surface area contributed by atoms with Crippen LogP contribution in [-0.2, 0) is 19.3 Å². The topological polar surface area (TPSA) is 4.93 Å². The predicted molar refractivity (Wildman–Crippen MR) is 140 cm³/mol. The first-order chi connectivity index (χ1) is 16.9. The molecule has 0 saturated carbocycles. The van der Waals surface area contributed by atoms with Crippen LogP contribution in [0.2, 0.25) is 0 Å². The molecule has 1 heteroatoms. The maximum absolute atomic E-state index is 2.61. The third-order valence-electron chi connectivity index (χ3n) is 8.39. The molecule has 0 amide bonds. The van der Waals surface area contributed by atoms with Crippen molar-refractivity contribution in [3.63, 3.8) is 0 Å². The van der Waals surface area contributed by atoms with Crippen molar-refractivity contribution in [3.05, 3.63) is 124 Å². The van der Waals surface area contributed by atoms with E-state index in [0.717, 1.165) is 19.3 Å². The van der Waals surface area contributed by atoms with Crippen LogP contribution in [0.25, 0.3) is 49.7 Å². The molecule has 9 rings (SSSR count). The van der Waals surface area contributed by atoms with Crippen LogP contribution in [0.4, 0.5) is 0 Å². The van der Waals surface area contributed by atoms with Crippen LogP contribution in [0.15, 0.2) is 91.0 Å². The highest BCUT2D eigenvalue weighted by atomic mass is 15.0. The molecule has 0 radical (unpaired) electrons. The zero-order valence-corrected chi connectivity index (χ0v) is 18.7. The summed E-state index contributed by atoms with van der Waals surface area (Å²) in [7, 11) is 0. The fraction of sp³-hybridized carbons (Fsp3) is 0.0909. The van der Waals surface area contributed by atoms with Crippen LogP contribution in [0, 0.1) is 0 Å². The standard InChI is InChI=1S/C33H21N/c1-3-9-25-20(8-1)16-23-18-24-17-22-14-13-21-15-19-7-2-4-10-26(19)30(21)32(22)34-28-12-6-5-11-27(28)31(29(23)25)33(24)34/h1-14,18H,15-17H2. The lowest BCUT2D eigenvalue weighted by atomic mass is 9.89. The molecule has 0 unspecified atom stereocenters. The van der Waals surface area contributed by atoms with Crippen LogP contribution < -0.4 is 0 Å². The average molecular weight is 432 g/mol. The van der Waals surface area contributed by atoms with Crippen molar-refractivity contribution in [1.82, 2.24) is 4.57 Å². The Bertz CT molecular complexity index is 1880. The fourth-order valence-electron chi connectivity index (χ4n) is 7.10. The van der Waals surface area contributed by atoms with Gasteiger partial charge in [-0.3, -0.25) is 0 Å². The number of rotatable bonds is 0. The molecule has 0 bridgehead atoms. The summed E-state index contributed by atoms with van der Waals surface area (Å²) in [6, 6.07) is 34.3. The SMILES string of the molecule is c1ccc2c(c1)Cc1ccc3c(c1-2)-n1c2ccccc2c2c4c(cc(c21)C3)Cc1ccccc1-4. The molecule has 0 spiro atoms. The van der Waals surface area contributed by atoms with Crippen molar-refractivity contribution in [2.24, 2.45) is 0 Å². The zero-order chi connectivity index (χ0) is 22.0. The number of nitrogens with zero attached hydrogens (tertiary/aromatic N) is 1. The lowest BCUT2D eigenvalue weighted by Gasteiger charge is -2.25. The maximum atomic E-state index is 2.61. The quantitative estimate of drug-likeness (QED) is 0.231. The number of hydrogen-bond acceptors (Lipinski definition) is 0. The van der Waals surface area contributed by atoms with E-state index >= 15 is 0 Å². The van der Waals surface area contributed by atoms with E-state index in [0.29, 0.717) is 0 Å². The molecule has 0 atom stereocenters. The third-order valence-corrected chi connectivity index (χ3v) is 8.39. The van der Waals surface area contributed by atoms with Gasteiger partial charge in [-0.05, 0) is 69.0 Å². The van der Waals surface area contributed by atoms with Crippen molar-refractivity contribution < 1.29 is 0 Å². The lowest BCUT2D eigenvalue weighted by Crippen LogP contribution is -2.10. The van der Waals surface area contributed by atoms with Gasteiger partial charge in [-0.25, -0.2) is 0 Å². The van der Waals surface area contributed by atoms with E-state index in [9.17, 15) is 0 Å². The summed E-state index contributed by atoms with van der Waals surface area (Å²) in [5, 5.41) is 2.83. The Morgan fingerprint density at radius 2 is 1.15 bits per heavy atom. The van der Waals surface area contributed by atoms with E-state index in [-0.39, 0.29) is 0 Å². The summed E-state index contributed by atoms with van der Waals surface area (Å²) >= 11 is 0. The van der Waals surface area contributed by atoms with Gasteiger partial charge in [-0.15, -0.1) is 0 Å². The lowest BCUT2D eigenvalue weighted by molar-refractivity contribution is 1.04. The summed E-state index contributed by atoms with van der Waals surface area (Å²) in [6.45, 7) is 0. The van der Waals surface area contributed by atoms with Gasteiger partial charge in [-0.2, -0.15) is 0 Å². The van der Waals surface area contributed by atoms with E-state index in [4.69, 9.17) is 0 Å². The molecule has 1 aliphatic heterocycles. The van der Waals surface area contributed by atoms with Gasteiger partial charge >= 0.3 is 0 Å². The summed E-state index contributed by atoms with van der Waals surface area (Å²) in [6.07, 6.45) is 3.07. The highest BCUT2D eigenvalue weighted by molar-refractivity contribution is 6.19. The Morgan fingerprint density at radius 1 is 0.500 bits per heavy atom. The van der Waals surface area contributed by atoms with Crippen LogP contribution >= 0.6 is 0 Å². The van der Waals surface area contributed by atoms with Crippen molar-refractivity contribution in [3.8, 4) is 27.9 Å². The molecule has 2 aliphatic carbocycles. The van der Waals surface area contributed by atoms with Gasteiger partial charge in [-0.1, -0.05) is 84.9 Å². The molecule has 34 heavy (non-hydrogen) atoms. The Morgan fingerprint density at radius 3 is 2.00 bits per heavy atom. The smallest absolute Gasteiger partial charge is 0.0583 e. The fourth-order valence-corrected chi connectivity index (χ4v) is 7.10. The second kappa shape index (κ2) is 5.87. The van der Waals surface area contributed by atoms with Gasteiger partial charge < -0.3 is 4.57 Å². The molecule has 0 saturated heterocycles. The molecule has 0 N–H and O–H groups in total. The zero-order valence-electron chi connectivity index (χ0n) is 18.7. The molecule has 2 heterocycles. The van der Waals surface area contributed by atoms with Gasteiger partial charge in [0.2, 0.25) is 0 Å². The average Bonchev–Trinajstić information content (AvgIpc) is 3.54. The van der Waals surface area contributed by atoms with Crippen LogP contribution in [0.1, 0.15) is 33.4 Å². The first-order valence-electron chi connectivity index (χ1n) is 12.3. The monoisotopic (exact) mass is 431 g/mol. The molecule has 6 aromatic rings. The van der Waals surface area contributed by atoms with E-state index in [1.807, 2.05) is 0 Å². The molecule has 1 aromatic heterocycles. The number of aromatic nitrogens is 1. The maximum Gasteiger partial charge on any atom is 0.0583 e. The summed E-state index contributed by atoms with van der Waals surface area (Å²) in [5.74, 6) is 0. The second-order valence-corrected chi connectivity index (χ2v) is 10.1.